The highest BCUT2D eigenvalue weighted by Gasteiger charge is 2.18. The molecule has 1 unspecified atom stereocenters. The normalized spacial score (nSPS) is 15.9. The lowest BCUT2D eigenvalue weighted by atomic mass is 9.91. The first kappa shape index (κ1) is 23.6. The fourth-order valence-electron chi connectivity index (χ4n) is 1.38. The maximum atomic E-state index is 10.9. The number of hydrogen-bond donors (Lipinski definition) is 3. The molecule has 1 atom stereocenters. The summed E-state index contributed by atoms with van der Waals surface area (Å²) in [6.45, 7) is 13.7. The Hall–Kier alpha value is 0.340. The van der Waals surface area contributed by atoms with Gasteiger partial charge in [-0.15, -0.1) is 0 Å². The van der Waals surface area contributed by atoms with Crippen molar-refractivity contribution in [2.75, 3.05) is 19.0 Å². The van der Waals surface area contributed by atoms with Gasteiger partial charge in [-0.1, -0.05) is 41.5 Å². The second-order valence-corrected chi connectivity index (χ2v) is 12.5. The molecule has 0 fully saturated rings. The third-order valence-corrected chi connectivity index (χ3v) is 4.61. The molecule has 7 heteroatoms. The van der Waals surface area contributed by atoms with Crippen LogP contribution in [0.1, 0.15) is 60.8 Å². The maximum Gasteiger partial charge on any atom is 0.325 e. The van der Waals surface area contributed by atoms with E-state index >= 15 is 0 Å². The minimum Gasteiger partial charge on any atom is -0.344 e. The van der Waals surface area contributed by atoms with Crippen molar-refractivity contribution in [3.05, 3.63) is 0 Å². The van der Waals surface area contributed by atoms with E-state index in [1.165, 1.54) is 6.66 Å². The number of rotatable bonds is 5. The third kappa shape index (κ3) is 29.1. The van der Waals surface area contributed by atoms with E-state index in [2.05, 4.69) is 20.8 Å². The summed E-state index contributed by atoms with van der Waals surface area (Å²) >= 11 is 0. The quantitative estimate of drug-likeness (QED) is 0.646. The third-order valence-electron chi connectivity index (χ3n) is 2.65. The van der Waals surface area contributed by atoms with Gasteiger partial charge in [0.05, 0.1) is 6.16 Å². The molecule has 0 heterocycles. The van der Waals surface area contributed by atoms with E-state index in [0.29, 0.717) is 12.6 Å². The molecule has 0 rings (SSSR count). The standard InChI is InChI=1S/C8H19O2P.C6H15O3P/c1-8(2,3)6-5-7-11(4,9)10;1-6(2,3)4-5-10(7,8)9/h5-7H2,1-4H3,(H,9,10);4-5H2,1-3H3,(H2,7,8,9). The molecule has 0 amide bonds. The van der Waals surface area contributed by atoms with Crippen LogP contribution >= 0.6 is 15.0 Å². The van der Waals surface area contributed by atoms with Crippen LogP contribution in [0.25, 0.3) is 0 Å². The van der Waals surface area contributed by atoms with Crippen molar-refractivity contribution in [3.63, 3.8) is 0 Å². The van der Waals surface area contributed by atoms with Crippen molar-refractivity contribution in [3.8, 4) is 0 Å². The van der Waals surface area contributed by atoms with Crippen molar-refractivity contribution in [1.29, 1.82) is 0 Å². The highest BCUT2D eigenvalue weighted by atomic mass is 31.2. The van der Waals surface area contributed by atoms with Gasteiger partial charge in [0.2, 0.25) is 0 Å². The SMILES string of the molecule is CC(C)(C)CCCP(C)(=O)O.CC(C)(C)CCP(=O)(O)O. The van der Waals surface area contributed by atoms with Gasteiger partial charge in [-0.05, 0) is 30.1 Å². The summed E-state index contributed by atoms with van der Waals surface area (Å²) in [7, 11) is -6.51. The molecule has 0 saturated carbocycles. The lowest BCUT2D eigenvalue weighted by molar-refractivity contribution is 0.344. The molecule has 130 valence electrons. The van der Waals surface area contributed by atoms with Gasteiger partial charge in [0, 0.05) is 12.8 Å². The zero-order valence-electron chi connectivity index (χ0n) is 14.6. The minimum absolute atomic E-state index is 0.00347. The van der Waals surface area contributed by atoms with Crippen LogP contribution < -0.4 is 0 Å². The Bertz CT molecular complexity index is 368. The second-order valence-electron chi connectivity index (χ2n) is 8.14. The van der Waals surface area contributed by atoms with Gasteiger partial charge < -0.3 is 14.7 Å². The Morgan fingerprint density at radius 3 is 1.33 bits per heavy atom. The summed E-state index contributed by atoms with van der Waals surface area (Å²) in [5.41, 5.74) is 0.302. The smallest absolute Gasteiger partial charge is 0.325 e. The van der Waals surface area contributed by atoms with Crippen molar-refractivity contribution < 1.29 is 23.8 Å². The average Bonchev–Trinajstić information content (AvgIpc) is 2.09. The van der Waals surface area contributed by atoms with Gasteiger partial charge in [-0.25, -0.2) is 0 Å². The highest BCUT2D eigenvalue weighted by molar-refractivity contribution is 7.57. The molecule has 0 aromatic heterocycles. The van der Waals surface area contributed by atoms with Crippen molar-refractivity contribution in [2.24, 2.45) is 10.8 Å². The van der Waals surface area contributed by atoms with Gasteiger partial charge in [0.25, 0.3) is 0 Å². The van der Waals surface area contributed by atoms with Crippen molar-refractivity contribution in [2.45, 2.75) is 60.8 Å². The van der Waals surface area contributed by atoms with Crippen LogP contribution in [-0.2, 0) is 9.13 Å². The van der Waals surface area contributed by atoms with Crippen LogP contribution in [-0.4, -0.2) is 33.7 Å². The minimum atomic E-state index is -3.76. The van der Waals surface area contributed by atoms with E-state index in [9.17, 15) is 9.13 Å². The number of hydrogen-bond acceptors (Lipinski definition) is 2. The summed E-state index contributed by atoms with van der Waals surface area (Å²) in [5.74, 6) is 0. The van der Waals surface area contributed by atoms with Crippen LogP contribution in [0.4, 0.5) is 0 Å². The molecular formula is C14H34O5P2. The molecule has 5 nitrogen and oxygen atoms in total. The molecule has 0 aromatic rings. The monoisotopic (exact) mass is 344 g/mol. The van der Waals surface area contributed by atoms with Gasteiger partial charge in [0.1, 0.15) is 0 Å². The lowest BCUT2D eigenvalue weighted by Gasteiger charge is -2.17. The Morgan fingerprint density at radius 1 is 0.762 bits per heavy atom. The summed E-state index contributed by atoms with van der Waals surface area (Å²) in [5, 5.41) is 0. The van der Waals surface area contributed by atoms with Crippen molar-refractivity contribution >= 4 is 15.0 Å². The Kier molecular flexibility index (Phi) is 9.93. The van der Waals surface area contributed by atoms with E-state index in [-0.39, 0.29) is 17.0 Å². The maximum absolute atomic E-state index is 10.9. The van der Waals surface area contributed by atoms with E-state index in [4.69, 9.17) is 14.7 Å². The molecule has 0 saturated heterocycles. The average molecular weight is 344 g/mol. The van der Waals surface area contributed by atoms with Crippen LogP contribution in [0.5, 0.6) is 0 Å². The second kappa shape index (κ2) is 8.84. The van der Waals surface area contributed by atoms with Crippen LogP contribution in [0.15, 0.2) is 0 Å². The summed E-state index contributed by atoms with van der Waals surface area (Å²) in [4.78, 5) is 26.0. The van der Waals surface area contributed by atoms with Crippen molar-refractivity contribution in [1.82, 2.24) is 0 Å². The van der Waals surface area contributed by atoms with Crippen LogP contribution in [0.2, 0.25) is 0 Å². The molecule has 3 N–H and O–H groups in total. The molecule has 0 aromatic carbocycles. The fraction of sp³-hybridized carbons (Fsp3) is 1.00. The molecule has 0 aliphatic heterocycles. The van der Waals surface area contributed by atoms with E-state index in [1.807, 2.05) is 20.8 Å². The predicted octanol–water partition coefficient (Wildman–Crippen LogP) is 4.31. The molecule has 0 aliphatic rings. The van der Waals surface area contributed by atoms with E-state index < -0.39 is 15.0 Å². The first-order chi connectivity index (χ1) is 8.91. The molecule has 0 bridgehead atoms. The first-order valence-electron chi connectivity index (χ1n) is 7.25. The molecule has 0 radical (unpaired) electrons. The van der Waals surface area contributed by atoms with Crippen LogP contribution in [0, 0.1) is 10.8 Å². The molecular weight excluding hydrogens is 310 g/mol. The van der Waals surface area contributed by atoms with Crippen LogP contribution in [0.3, 0.4) is 0 Å². The Labute approximate surface area is 130 Å². The van der Waals surface area contributed by atoms with Gasteiger partial charge in [-0.2, -0.15) is 0 Å². The van der Waals surface area contributed by atoms with E-state index in [0.717, 1.165) is 12.8 Å². The van der Waals surface area contributed by atoms with Gasteiger partial charge in [-0.3, -0.25) is 9.13 Å². The summed E-state index contributed by atoms with van der Waals surface area (Å²) in [6.07, 6.45) is 2.90. The topological polar surface area (TPSA) is 94.8 Å². The highest BCUT2D eigenvalue weighted by Crippen LogP contribution is 2.38. The predicted molar refractivity (Wildman–Crippen MR) is 90.3 cm³/mol. The van der Waals surface area contributed by atoms with Gasteiger partial charge in [0.15, 0.2) is 7.37 Å². The Morgan fingerprint density at radius 2 is 1.14 bits per heavy atom. The fourth-order valence-corrected chi connectivity index (χ4v) is 3.09. The molecule has 0 spiro atoms. The molecule has 0 aliphatic carbocycles. The zero-order valence-corrected chi connectivity index (χ0v) is 16.4. The largest absolute Gasteiger partial charge is 0.344 e. The van der Waals surface area contributed by atoms with Gasteiger partial charge >= 0.3 is 7.60 Å². The summed E-state index contributed by atoms with van der Waals surface area (Å²) in [6, 6.07) is 0. The summed E-state index contributed by atoms with van der Waals surface area (Å²) < 4.78 is 21.2. The van der Waals surface area contributed by atoms with E-state index in [1.54, 1.807) is 0 Å². The first-order valence-corrected chi connectivity index (χ1v) is 11.3. The Balaban J connectivity index is 0. The lowest BCUT2D eigenvalue weighted by Crippen LogP contribution is -2.07. The molecule has 21 heavy (non-hydrogen) atoms. The zero-order chi connectivity index (χ0) is 17.5.